The van der Waals surface area contributed by atoms with Gasteiger partial charge in [-0.15, -0.1) is 0 Å². The van der Waals surface area contributed by atoms with Crippen LogP contribution in [0.4, 0.5) is 0 Å². The minimum absolute atomic E-state index is 0.0194. The number of aromatic amines is 1. The molecule has 5 rings (SSSR count). The Morgan fingerprint density at radius 3 is 2.47 bits per heavy atom. The number of aryl methyl sites for hydroxylation is 2. The van der Waals surface area contributed by atoms with Crippen molar-refractivity contribution in [2.45, 2.75) is 71.4 Å². The average Bonchev–Trinajstić information content (AvgIpc) is 3.72. The third-order valence-electron chi connectivity index (χ3n) is 8.34. The fourth-order valence-corrected chi connectivity index (χ4v) is 5.21. The molecule has 0 radical (unpaired) electrons. The highest BCUT2D eigenvalue weighted by Crippen LogP contribution is 2.41. The molecule has 0 spiro atoms. The van der Waals surface area contributed by atoms with Crippen molar-refractivity contribution < 1.29 is 9.59 Å². The average molecular weight is 508 g/mol. The van der Waals surface area contributed by atoms with Crippen molar-refractivity contribution in [3.63, 3.8) is 0 Å². The summed E-state index contributed by atoms with van der Waals surface area (Å²) in [5.74, 6) is 0.244. The summed E-state index contributed by atoms with van der Waals surface area (Å²) >= 11 is 0. The van der Waals surface area contributed by atoms with Crippen LogP contribution in [0.1, 0.15) is 89.4 Å². The summed E-state index contributed by atoms with van der Waals surface area (Å²) in [6.45, 7) is 10.3. The van der Waals surface area contributed by atoms with Crippen LogP contribution in [0.2, 0.25) is 0 Å². The summed E-state index contributed by atoms with van der Waals surface area (Å²) in [5, 5.41) is 1.07. The molecule has 38 heavy (non-hydrogen) atoms. The molecule has 1 heterocycles. The van der Waals surface area contributed by atoms with Gasteiger partial charge in [-0.2, -0.15) is 0 Å². The van der Waals surface area contributed by atoms with Crippen LogP contribution in [0.15, 0.2) is 66.7 Å². The summed E-state index contributed by atoms with van der Waals surface area (Å²) in [5.41, 5.74) is 13.2. The van der Waals surface area contributed by atoms with Crippen molar-refractivity contribution in [3.05, 3.63) is 106 Å². The van der Waals surface area contributed by atoms with Crippen LogP contribution in [-0.4, -0.2) is 21.7 Å². The van der Waals surface area contributed by atoms with E-state index >= 15 is 0 Å². The lowest BCUT2D eigenvalue weighted by molar-refractivity contribution is -0.122. The molecule has 5 heteroatoms. The Morgan fingerprint density at radius 2 is 1.76 bits per heavy atom. The monoisotopic (exact) mass is 507 g/mol. The summed E-state index contributed by atoms with van der Waals surface area (Å²) in [4.78, 5) is 31.7. The van der Waals surface area contributed by atoms with Crippen LogP contribution in [0.5, 0.6) is 0 Å². The van der Waals surface area contributed by atoms with Crippen LogP contribution in [0, 0.1) is 13.8 Å². The van der Waals surface area contributed by atoms with Gasteiger partial charge in [0.2, 0.25) is 5.91 Å². The van der Waals surface area contributed by atoms with Gasteiger partial charge >= 0.3 is 0 Å². The molecular weight excluding hydrogens is 470 g/mol. The van der Waals surface area contributed by atoms with Crippen LogP contribution >= 0.6 is 0 Å². The normalized spacial score (nSPS) is 14.4. The number of nitrogens with one attached hydrogen (secondary N) is 1. The third-order valence-corrected chi connectivity index (χ3v) is 8.34. The maximum absolute atomic E-state index is 14.2. The first-order valence-electron chi connectivity index (χ1n) is 13.5. The number of carbonyl (C=O) groups is 2. The second-order valence-corrected chi connectivity index (χ2v) is 11.4. The molecule has 0 aliphatic heterocycles. The Hall–Kier alpha value is -3.86. The van der Waals surface area contributed by atoms with E-state index in [-0.39, 0.29) is 17.9 Å². The summed E-state index contributed by atoms with van der Waals surface area (Å²) in [6, 6.07) is 22.3. The number of primary amides is 1. The van der Waals surface area contributed by atoms with Gasteiger partial charge in [-0.25, -0.2) is 0 Å². The van der Waals surface area contributed by atoms with E-state index in [1.165, 1.54) is 18.4 Å². The molecule has 3 aromatic carbocycles. The van der Waals surface area contributed by atoms with Gasteiger partial charge in [-0.05, 0) is 99.4 Å². The molecule has 5 nitrogen and oxygen atoms in total. The molecule has 1 atom stereocenters. The van der Waals surface area contributed by atoms with E-state index in [2.05, 4.69) is 50.0 Å². The number of hydrogen-bond donors (Lipinski definition) is 2. The zero-order chi connectivity index (χ0) is 27.2. The molecule has 3 N–H and O–H groups in total. The van der Waals surface area contributed by atoms with Gasteiger partial charge in [0.05, 0.1) is 11.5 Å². The Morgan fingerprint density at radius 1 is 1.03 bits per heavy atom. The van der Waals surface area contributed by atoms with E-state index in [9.17, 15) is 9.59 Å². The summed E-state index contributed by atoms with van der Waals surface area (Å²) in [6.07, 6.45) is 2.47. The lowest BCUT2D eigenvalue weighted by atomic mass is 9.83. The SMILES string of the molecule is Cc1[nH]c2ccc(C(=O)N(Cc3cccc(C(C)(C)C(N)=O)c3)[C@@H](C)c3cccc(C4CC4)c3)cc2c1C. The van der Waals surface area contributed by atoms with Gasteiger partial charge in [-0.3, -0.25) is 9.59 Å². The zero-order valence-electron chi connectivity index (χ0n) is 23.0. The van der Waals surface area contributed by atoms with E-state index in [4.69, 9.17) is 5.73 Å². The van der Waals surface area contributed by atoms with Crippen molar-refractivity contribution in [3.8, 4) is 0 Å². The Bertz CT molecular complexity index is 1530. The van der Waals surface area contributed by atoms with E-state index in [1.807, 2.05) is 61.2 Å². The number of benzene rings is 3. The number of amides is 2. The Balaban J connectivity index is 1.54. The number of nitrogens with zero attached hydrogens (tertiary/aromatic N) is 1. The standard InChI is InChI=1S/C33H37N3O2/c1-20-21(2)35-30-15-14-27(18-29(20)30)31(37)36(22(3)25-9-7-10-26(17-25)24-12-13-24)19-23-8-6-11-28(16-23)33(4,5)32(34)38/h6-11,14-18,22,24,35H,12-13,19H2,1-5H3,(H2,34,38)/t22-/m0/s1. The summed E-state index contributed by atoms with van der Waals surface area (Å²) < 4.78 is 0. The highest BCUT2D eigenvalue weighted by atomic mass is 16.2. The van der Waals surface area contributed by atoms with Gasteiger partial charge in [0.15, 0.2) is 0 Å². The molecule has 0 saturated heterocycles. The van der Waals surface area contributed by atoms with Gasteiger partial charge in [-0.1, -0.05) is 48.5 Å². The van der Waals surface area contributed by atoms with Crippen molar-refractivity contribution >= 4 is 22.7 Å². The van der Waals surface area contributed by atoms with Gasteiger partial charge in [0.25, 0.3) is 5.91 Å². The fourth-order valence-electron chi connectivity index (χ4n) is 5.21. The predicted octanol–water partition coefficient (Wildman–Crippen LogP) is 6.83. The first-order chi connectivity index (χ1) is 18.1. The molecule has 1 fully saturated rings. The van der Waals surface area contributed by atoms with E-state index < -0.39 is 5.41 Å². The molecule has 1 aliphatic carbocycles. The molecule has 0 unspecified atom stereocenters. The van der Waals surface area contributed by atoms with Gasteiger partial charge in [0, 0.05) is 28.7 Å². The molecule has 4 aromatic rings. The second-order valence-electron chi connectivity index (χ2n) is 11.4. The Labute approximate surface area is 225 Å². The Kier molecular flexibility index (Phi) is 6.64. The van der Waals surface area contributed by atoms with Crippen molar-refractivity contribution in [2.24, 2.45) is 5.73 Å². The first-order valence-corrected chi connectivity index (χ1v) is 13.5. The molecule has 196 valence electrons. The first kappa shape index (κ1) is 25.8. The number of aromatic nitrogens is 1. The lowest BCUT2D eigenvalue weighted by Crippen LogP contribution is -2.36. The number of carbonyl (C=O) groups excluding carboxylic acids is 2. The highest BCUT2D eigenvalue weighted by Gasteiger charge is 2.29. The quantitative estimate of drug-likeness (QED) is 0.274. The highest BCUT2D eigenvalue weighted by molar-refractivity contribution is 5.99. The maximum Gasteiger partial charge on any atom is 0.254 e. The maximum atomic E-state index is 14.2. The lowest BCUT2D eigenvalue weighted by Gasteiger charge is -2.31. The minimum Gasteiger partial charge on any atom is -0.369 e. The van der Waals surface area contributed by atoms with Gasteiger partial charge in [0.1, 0.15) is 0 Å². The van der Waals surface area contributed by atoms with Crippen molar-refractivity contribution in [1.82, 2.24) is 9.88 Å². The van der Waals surface area contributed by atoms with Crippen molar-refractivity contribution in [2.75, 3.05) is 0 Å². The molecule has 1 saturated carbocycles. The zero-order valence-corrected chi connectivity index (χ0v) is 23.0. The molecule has 0 bridgehead atoms. The topological polar surface area (TPSA) is 79.2 Å². The minimum atomic E-state index is -0.802. The van der Waals surface area contributed by atoms with Gasteiger partial charge < -0.3 is 15.6 Å². The van der Waals surface area contributed by atoms with E-state index in [1.54, 1.807) is 0 Å². The number of H-pyrrole nitrogens is 1. The van der Waals surface area contributed by atoms with E-state index in [0.29, 0.717) is 18.0 Å². The largest absolute Gasteiger partial charge is 0.369 e. The van der Waals surface area contributed by atoms with Crippen LogP contribution in [-0.2, 0) is 16.8 Å². The number of nitrogens with two attached hydrogens (primary N) is 1. The molecule has 1 aliphatic rings. The number of rotatable bonds is 8. The van der Waals surface area contributed by atoms with E-state index in [0.717, 1.165) is 38.9 Å². The second kappa shape index (κ2) is 9.79. The molecule has 2 amide bonds. The van der Waals surface area contributed by atoms with Crippen LogP contribution in [0.3, 0.4) is 0 Å². The van der Waals surface area contributed by atoms with Crippen LogP contribution < -0.4 is 5.73 Å². The predicted molar refractivity (Wildman–Crippen MR) is 153 cm³/mol. The van der Waals surface area contributed by atoms with Crippen LogP contribution in [0.25, 0.3) is 10.9 Å². The number of hydrogen-bond acceptors (Lipinski definition) is 2. The van der Waals surface area contributed by atoms with Crippen molar-refractivity contribution in [1.29, 1.82) is 0 Å². The fraction of sp³-hybridized carbons (Fsp3) is 0.333. The smallest absolute Gasteiger partial charge is 0.254 e. The summed E-state index contributed by atoms with van der Waals surface area (Å²) in [7, 11) is 0. The molecule has 1 aromatic heterocycles. The molecular formula is C33H37N3O2. The third kappa shape index (κ3) is 4.85. The number of fused-ring (bicyclic) bond motifs is 1.